The topological polar surface area (TPSA) is 72.2 Å². The van der Waals surface area contributed by atoms with E-state index in [9.17, 15) is 9.59 Å². The second-order valence-electron chi connectivity index (χ2n) is 1.26. The summed E-state index contributed by atoms with van der Waals surface area (Å²) in [5, 5.41) is 2.21. The van der Waals surface area contributed by atoms with Crippen molar-refractivity contribution in [3.05, 3.63) is 0 Å². The van der Waals surface area contributed by atoms with Gasteiger partial charge in [-0.2, -0.15) is 0 Å². The number of amides is 1. The Labute approximate surface area is 47.0 Å². The minimum atomic E-state index is -0.521. The van der Waals surface area contributed by atoms with Crippen molar-refractivity contribution in [1.82, 2.24) is 5.32 Å². The lowest BCUT2D eigenvalue weighted by molar-refractivity contribution is -0.115. The summed E-state index contributed by atoms with van der Waals surface area (Å²) < 4.78 is 0. The Morgan fingerprint density at radius 2 is 2.25 bits per heavy atom. The van der Waals surface area contributed by atoms with Crippen molar-refractivity contribution < 1.29 is 9.59 Å². The standard InChI is InChI=1S/C4H8N2O2/c5-1-4(2-7)6-3-8/h2-4H,1,5H2,(H,6,8). The van der Waals surface area contributed by atoms with Gasteiger partial charge in [-0.1, -0.05) is 0 Å². The third kappa shape index (κ3) is 2.30. The van der Waals surface area contributed by atoms with Crippen molar-refractivity contribution in [3.8, 4) is 0 Å². The van der Waals surface area contributed by atoms with Gasteiger partial charge in [-0.05, 0) is 0 Å². The van der Waals surface area contributed by atoms with Gasteiger partial charge in [0.25, 0.3) is 0 Å². The lowest BCUT2D eigenvalue weighted by Gasteiger charge is -2.01. The van der Waals surface area contributed by atoms with Gasteiger partial charge in [0.15, 0.2) is 0 Å². The van der Waals surface area contributed by atoms with Gasteiger partial charge in [-0.15, -0.1) is 0 Å². The van der Waals surface area contributed by atoms with Crippen LogP contribution in [0.3, 0.4) is 0 Å². The Balaban J connectivity index is 3.35. The summed E-state index contributed by atoms with van der Waals surface area (Å²) in [7, 11) is 0. The normalized spacial score (nSPS) is 12.1. The molecule has 0 saturated carbocycles. The highest BCUT2D eigenvalue weighted by Gasteiger charge is 1.98. The molecule has 0 aromatic rings. The molecule has 3 N–H and O–H groups in total. The molecule has 4 nitrogen and oxygen atoms in total. The third-order valence-corrected chi connectivity index (χ3v) is 0.700. The van der Waals surface area contributed by atoms with E-state index >= 15 is 0 Å². The molecule has 0 bridgehead atoms. The molecule has 0 spiro atoms. The van der Waals surface area contributed by atoms with Gasteiger partial charge in [0.05, 0.1) is 6.04 Å². The Bertz CT molecular complexity index is 84.1. The Morgan fingerprint density at radius 3 is 2.38 bits per heavy atom. The van der Waals surface area contributed by atoms with E-state index in [2.05, 4.69) is 5.32 Å². The highest BCUT2D eigenvalue weighted by Crippen LogP contribution is 1.65. The van der Waals surface area contributed by atoms with Gasteiger partial charge in [0.2, 0.25) is 6.41 Å². The highest BCUT2D eigenvalue weighted by atomic mass is 16.1. The molecule has 0 aliphatic carbocycles. The fourth-order valence-electron chi connectivity index (χ4n) is 0.250. The number of carbonyl (C=O) groups is 2. The number of hydrogen-bond donors (Lipinski definition) is 2. The molecule has 0 aromatic carbocycles. The van der Waals surface area contributed by atoms with Gasteiger partial charge in [-0.25, -0.2) is 0 Å². The van der Waals surface area contributed by atoms with Crippen LogP contribution in [0.2, 0.25) is 0 Å². The first-order valence-corrected chi connectivity index (χ1v) is 2.20. The lowest BCUT2D eigenvalue weighted by atomic mass is 10.3. The van der Waals surface area contributed by atoms with E-state index in [-0.39, 0.29) is 6.54 Å². The van der Waals surface area contributed by atoms with Crippen LogP contribution < -0.4 is 11.1 Å². The summed E-state index contributed by atoms with van der Waals surface area (Å²) in [6.45, 7) is 0.155. The summed E-state index contributed by atoms with van der Waals surface area (Å²) in [5.74, 6) is 0. The van der Waals surface area contributed by atoms with E-state index in [1.165, 1.54) is 0 Å². The smallest absolute Gasteiger partial charge is 0.207 e. The number of aldehydes is 1. The van der Waals surface area contributed by atoms with Crippen LogP contribution in [-0.2, 0) is 9.59 Å². The maximum absolute atomic E-state index is 9.82. The molecule has 0 fully saturated rings. The predicted octanol–water partition coefficient (Wildman–Crippen LogP) is -1.74. The van der Waals surface area contributed by atoms with Crippen molar-refractivity contribution in [2.75, 3.05) is 6.54 Å². The minimum Gasteiger partial charge on any atom is -0.348 e. The van der Waals surface area contributed by atoms with Crippen LogP contribution in [-0.4, -0.2) is 25.3 Å². The van der Waals surface area contributed by atoms with Crippen molar-refractivity contribution in [2.24, 2.45) is 5.73 Å². The summed E-state index contributed by atoms with van der Waals surface area (Å²) in [6, 6.07) is -0.521. The van der Waals surface area contributed by atoms with Crippen LogP contribution >= 0.6 is 0 Å². The van der Waals surface area contributed by atoms with Gasteiger partial charge < -0.3 is 15.8 Å². The predicted molar refractivity (Wildman–Crippen MR) is 28.1 cm³/mol. The molecule has 0 aromatic heterocycles. The summed E-state index contributed by atoms with van der Waals surface area (Å²) >= 11 is 0. The number of carbonyl (C=O) groups excluding carboxylic acids is 2. The first-order chi connectivity index (χ1) is 3.85. The maximum atomic E-state index is 9.82. The second-order valence-corrected chi connectivity index (χ2v) is 1.26. The monoisotopic (exact) mass is 116 g/mol. The Kier molecular flexibility index (Phi) is 3.78. The molecule has 4 heteroatoms. The van der Waals surface area contributed by atoms with E-state index in [0.29, 0.717) is 12.7 Å². The Morgan fingerprint density at radius 1 is 1.62 bits per heavy atom. The van der Waals surface area contributed by atoms with E-state index < -0.39 is 6.04 Å². The van der Waals surface area contributed by atoms with Crippen molar-refractivity contribution >= 4 is 12.7 Å². The SMILES string of the molecule is NCC(C=O)NC=O. The molecule has 0 saturated heterocycles. The van der Waals surface area contributed by atoms with Crippen LogP contribution in [0.25, 0.3) is 0 Å². The van der Waals surface area contributed by atoms with Crippen LogP contribution in [0.4, 0.5) is 0 Å². The summed E-state index contributed by atoms with van der Waals surface area (Å²) in [5.41, 5.74) is 5.02. The largest absolute Gasteiger partial charge is 0.348 e. The molecule has 0 rings (SSSR count). The number of nitrogens with two attached hydrogens (primary N) is 1. The highest BCUT2D eigenvalue weighted by molar-refractivity contribution is 5.63. The van der Waals surface area contributed by atoms with Crippen molar-refractivity contribution in [3.63, 3.8) is 0 Å². The summed E-state index contributed by atoms with van der Waals surface area (Å²) in [6.07, 6.45) is 1.04. The first kappa shape index (κ1) is 7.10. The number of hydrogen-bond acceptors (Lipinski definition) is 3. The molecule has 1 unspecified atom stereocenters. The average Bonchev–Trinajstić information content (AvgIpc) is 1.83. The Hall–Kier alpha value is -0.900. The van der Waals surface area contributed by atoms with E-state index in [0.717, 1.165) is 0 Å². The number of nitrogens with one attached hydrogen (secondary N) is 1. The lowest BCUT2D eigenvalue weighted by Crippen LogP contribution is -2.36. The minimum absolute atomic E-state index is 0.155. The fraction of sp³-hybridized carbons (Fsp3) is 0.500. The van der Waals surface area contributed by atoms with Crippen LogP contribution in [0, 0.1) is 0 Å². The quantitative estimate of drug-likeness (QED) is 0.428. The molecule has 0 heterocycles. The molecular weight excluding hydrogens is 108 g/mol. The maximum Gasteiger partial charge on any atom is 0.207 e. The molecular formula is C4H8N2O2. The zero-order valence-corrected chi connectivity index (χ0v) is 4.33. The molecule has 1 amide bonds. The fourth-order valence-corrected chi connectivity index (χ4v) is 0.250. The van der Waals surface area contributed by atoms with Crippen LogP contribution in [0.15, 0.2) is 0 Å². The van der Waals surface area contributed by atoms with E-state index in [1.54, 1.807) is 0 Å². The zero-order chi connectivity index (χ0) is 6.41. The first-order valence-electron chi connectivity index (χ1n) is 2.20. The molecule has 1 atom stereocenters. The van der Waals surface area contributed by atoms with E-state index in [1.807, 2.05) is 0 Å². The molecule has 0 aliphatic heterocycles. The summed E-state index contributed by atoms with van der Waals surface area (Å²) in [4.78, 5) is 19.4. The molecule has 8 heavy (non-hydrogen) atoms. The van der Waals surface area contributed by atoms with Gasteiger partial charge >= 0.3 is 0 Å². The van der Waals surface area contributed by atoms with E-state index in [4.69, 9.17) is 5.73 Å². The van der Waals surface area contributed by atoms with Crippen LogP contribution in [0.5, 0.6) is 0 Å². The zero-order valence-electron chi connectivity index (χ0n) is 4.33. The second kappa shape index (κ2) is 4.26. The van der Waals surface area contributed by atoms with Gasteiger partial charge in [0.1, 0.15) is 6.29 Å². The molecule has 0 aliphatic rings. The van der Waals surface area contributed by atoms with Crippen molar-refractivity contribution in [2.45, 2.75) is 6.04 Å². The average molecular weight is 116 g/mol. The van der Waals surface area contributed by atoms with Crippen LogP contribution in [0.1, 0.15) is 0 Å². The van der Waals surface area contributed by atoms with Crippen molar-refractivity contribution in [1.29, 1.82) is 0 Å². The molecule has 0 radical (unpaired) electrons. The number of rotatable bonds is 4. The van der Waals surface area contributed by atoms with Gasteiger partial charge in [0, 0.05) is 6.54 Å². The van der Waals surface area contributed by atoms with Gasteiger partial charge in [-0.3, -0.25) is 4.79 Å². The molecule has 46 valence electrons. The third-order valence-electron chi connectivity index (χ3n) is 0.700.